The number of thiophene rings is 1. The molecule has 6 nitrogen and oxygen atoms in total. The summed E-state index contributed by atoms with van der Waals surface area (Å²) in [5.74, 6) is -0.780. The fourth-order valence-corrected chi connectivity index (χ4v) is 3.54. The van der Waals surface area contributed by atoms with Gasteiger partial charge in [0.25, 0.3) is 0 Å². The number of hydrogen-bond acceptors (Lipinski definition) is 4. The van der Waals surface area contributed by atoms with Gasteiger partial charge in [0, 0.05) is 47.5 Å². The molecule has 1 saturated heterocycles. The Bertz CT molecular complexity index is 501. The van der Waals surface area contributed by atoms with Crippen LogP contribution in [0.2, 0.25) is 0 Å². The highest BCUT2D eigenvalue weighted by atomic mass is 79.9. The van der Waals surface area contributed by atoms with E-state index in [4.69, 9.17) is 5.11 Å². The lowest BCUT2D eigenvalue weighted by Gasteiger charge is -2.34. The molecule has 0 aliphatic carbocycles. The van der Waals surface area contributed by atoms with Gasteiger partial charge in [0.15, 0.2) is 0 Å². The number of carbonyl (C=O) groups is 2. The second-order valence-corrected chi connectivity index (χ2v) is 6.77. The van der Waals surface area contributed by atoms with E-state index in [1.54, 1.807) is 16.2 Å². The molecule has 2 N–H and O–H groups in total. The van der Waals surface area contributed by atoms with Gasteiger partial charge < -0.3 is 15.3 Å². The summed E-state index contributed by atoms with van der Waals surface area (Å²) in [7, 11) is 0. The summed E-state index contributed by atoms with van der Waals surface area (Å²) >= 11 is 4.99. The van der Waals surface area contributed by atoms with Crippen LogP contribution < -0.4 is 5.32 Å². The smallest absolute Gasteiger partial charge is 0.317 e. The molecule has 0 radical (unpaired) electrons. The van der Waals surface area contributed by atoms with Gasteiger partial charge >= 0.3 is 12.0 Å². The Kier molecular flexibility index (Phi) is 6.01. The number of piperazine rings is 1. The topological polar surface area (TPSA) is 72.9 Å². The first-order chi connectivity index (χ1) is 10.0. The summed E-state index contributed by atoms with van der Waals surface area (Å²) in [5.41, 5.74) is 0. The molecule has 0 unspecified atom stereocenters. The maximum atomic E-state index is 12.0. The molecule has 8 heteroatoms. The van der Waals surface area contributed by atoms with Crippen molar-refractivity contribution < 1.29 is 14.7 Å². The van der Waals surface area contributed by atoms with Crippen LogP contribution in [0.4, 0.5) is 4.79 Å². The van der Waals surface area contributed by atoms with Crippen molar-refractivity contribution in [2.75, 3.05) is 32.7 Å². The fraction of sp³-hybridized carbons (Fsp3) is 0.538. The van der Waals surface area contributed by atoms with Gasteiger partial charge in [0.1, 0.15) is 0 Å². The largest absolute Gasteiger partial charge is 0.481 e. The molecule has 0 saturated carbocycles. The zero-order chi connectivity index (χ0) is 15.2. The zero-order valence-corrected chi connectivity index (χ0v) is 14.0. The lowest BCUT2D eigenvalue weighted by Crippen LogP contribution is -2.51. The Morgan fingerprint density at radius 1 is 1.33 bits per heavy atom. The van der Waals surface area contributed by atoms with Crippen molar-refractivity contribution >= 4 is 39.3 Å². The predicted molar refractivity (Wildman–Crippen MR) is 84.5 cm³/mol. The number of hydrogen-bond donors (Lipinski definition) is 2. The molecule has 2 heterocycles. The van der Waals surface area contributed by atoms with Gasteiger partial charge in [-0.15, -0.1) is 11.3 Å². The summed E-state index contributed by atoms with van der Waals surface area (Å²) in [6.45, 7) is 3.82. The van der Waals surface area contributed by atoms with Crippen LogP contribution >= 0.6 is 27.3 Å². The summed E-state index contributed by atoms with van der Waals surface area (Å²) in [6.07, 6.45) is 0.152. The molecule has 1 aromatic rings. The Labute approximate surface area is 135 Å². The number of amides is 2. The monoisotopic (exact) mass is 375 g/mol. The highest BCUT2D eigenvalue weighted by molar-refractivity contribution is 9.10. The SMILES string of the molecule is O=C(O)CCN1CCN(C(=O)NCc2cc(Br)cs2)CC1. The molecule has 1 aliphatic heterocycles. The van der Waals surface area contributed by atoms with E-state index >= 15 is 0 Å². The van der Waals surface area contributed by atoms with Crippen molar-refractivity contribution in [3.63, 3.8) is 0 Å². The quantitative estimate of drug-likeness (QED) is 0.822. The Morgan fingerprint density at radius 2 is 2.05 bits per heavy atom. The van der Waals surface area contributed by atoms with Crippen LogP contribution in [-0.4, -0.2) is 59.6 Å². The number of rotatable bonds is 5. The molecule has 1 aromatic heterocycles. The molecule has 116 valence electrons. The van der Waals surface area contributed by atoms with Gasteiger partial charge in [0.2, 0.25) is 0 Å². The normalized spacial score (nSPS) is 16.0. The van der Waals surface area contributed by atoms with E-state index in [1.807, 2.05) is 11.4 Å². The van der Waals surface area contributed by atoms with Gasteiger partial charge in [-0.3, -0.25) is 9.69 Å². The molecule has 0 bridgehead atoms. The zero-order valence-electron chi connectivity index (χ0n) is 11.5. The highest BCUT2D eigenvalue weighted by Gasteiger charge is 2.21. The second-order valence-electron chi connectivity index (χ2n) is 4.86. The van der Waals surface area contributed by atoms with E-state index in [9.17, 15) is 9.59 Å². The third-order valence-corrected chi connectivity index (χ3v) is 5.03. The van der Waals surface area contributed by atoms with Crippen LogP contribution in [0.25, 0.3) is 0 Å². The highest BCUT2D eigenvalue weighted by Crippen LogP contribution is 2.19. The van der Waals surface area contributed by atoms with Crippen LogP contribution in [0.3, 0.4) is 0 Å². The number of nitrogens with one attached hydrogen (secondary N) is 1. The molecule has 0 atom stereocenters. The van der Waals surface area contributed by atoms with Crippen molar-refractivity contribution in [2.24, 2.45) is 0 Å². The van der Waals surface area contributed by atoms with Gasteiger partial charge in [0.05, 0.1) is 13.0 Å². The number of halogens is 1. The minimum atomic E-state index is -0.780. The summed E-state index contributed by atoms with van der Waals surface area (Å²) in [5, 5.41) is 13.6. The molecule has 21 heavy (non-hydrogen) atoms. The Morgan fingerprint density at radius 3 is 2.62 bits per heavy atom. The maximum Gasteiger partial charge on any atom is 0.317 e. The average molecular weight is 376 g/mol. The second kappa shape index (κ2) is 7.77. The standard InChI is InChI=1S/C13H18BrN3O3S/c14-10-7-11(21-9-10)8-15-13(20)17-5-3-16(4-6-17)2-1-12(18)19/h7,9H,1-6,8H2,(H,15,20)(H,18,19). The van der Waals surface area contributed by atoms with Crippen LogP contribution in [-0.2, 0) is 11.3 Å². The van der Waals surface area contributed by atoms with Crippen molar-refractivity contribution in [1.82, 2.24) is 15.1 Å². The molecule has 1 fully saturated rings. The number of aliphatic carboxylic acids is 1. The first kappa shape index (κ1) is 16.3. The number of nitrogens with zero attached hydrogens (tertiary/aromatic N) is 2. The first-order valence-corrected chi connectivity index (χ1v) is 8.41. The van der Waals surface area contributed by atoms with Crippen LogP contribution in [0.5, 0.6) is 0 Å². The fourth-order valence-electron chi connectivity index (χ4n) is 2.15. The third-order valence-electron chi connectivity index (χ3n) is 3.34. The Balaban J connectivity index is 1.69. The van der Waals surface area contributed by atoms with Crippen LogP contribution in [0.15, 0.2) is 15.9 Å². The minimum Gasteiger partial charge on any atom is -0.481 e. The maximum absolute atomic E-state index is 12.0. The number of carbonyl (C=O) groups excluding carboxylic acids is 1. The molecule has 2 amide bonds. The molecular weight excluding hydrogens is 358 g/mol. The lowest BCUT2D eigenvalue weighted by atomic mass is 10.3. The van der Waals surface area contributed by atoms with Gasteiger partial charge in [-0.1, -0.05) is 0 Å². The third kappa shape index (κ3) is 5.29. The van der Waals surface area contributed by atoms with E-state index < -0.39 is 5.97 Å². The van der Waals surface area contributed by atoms with Gasteiger partial charge in [-0.25, -0.2) is 4.79 Å². The van der Waals surface area contributed by atoms with Crippen LogP contribution in [0.1, 0.15) is 11.3 Å². The summed E-state index contributed by atoms with van der Waals surface area (Å²) < 4.78 is 1.03. The summed E-state index contributed by atoms with van der Waals surface area (Å²) in [6, 6.07) is 1.94. The average Bonchev–Trinajstić information content (AvgIpc) is 2.89. The number of urea groups is 1. The van der Waals surface area contributed by atoms with E-state index in [0.717, 1.165) is 22.4 Å². The van der Waals surface area contributed by atoms with E-state index in [0.29, 0.717) is 26.2 Å². The van der Waals surface area contributed by atoms with E-state index in [-0.39, 0.29) is 12.5 Å². The van der Waals surface area contributed by atoms with E-state index in [2.05, 4.69) is 26.1 Å². The number of carboxylic acids is 1. The van der Waals surface area contributed by atoms with Gasteiger partial charge in [-0.2, -0.15) is 0 Å². The minimum absolute atomic E-state index is 0.0580. The van der Waals surface area contributed by atoms with Crippen molar-refractivity contribution in [2.45, 2.75) is 13.0 Å². The lowest BCUT2D eigenvalue weighted by molar-refractivity contribution is -0.137. The Hall–Kier alpha value is -1.12. The van der Waals surface area contributed by atoms with Crippen molar-refractivity contribution in [1.29, 1.82) is 0 Å². The molecule has 1 aliphatic rings. The predicted octanol–water partition coefficient (Wildman–Crippen LogP) is 1.81. The van der Waals surface area contributed by atoms with E-state index in [1.165, 1.54) is 0 Å². The van der Waals surface area contributed by atoms with Crippen LogP contribution in [0, 0.1) is 0 Å². The molecular formula is C13H18BrN3O3S. The molecule has 0 spiro atoms. The molecule has 2 rings (SSSR count). The summed E-state index contributed by atoms with van der Waals surface area (Å²) in [4.78, 5) is 27.5. The number of carboxylic acid groups (broad SMARTS) is 1. The van der Waals surface area contributed by atoms with Crippen molar-refractivity contribution in [3.05, 3.63) is 20.8 Å². The molecule has 0 aromatic carbocycles. The first-order valence-electron chi connectivity index (χ1n) is 6.74. The van der Waals surface area contributed by atoms with Crippen molar-refractivity contribution in [3.8, 4) is 0 Å². The van der Waals surface area contributed by atoms with Gasteiger partial charge in [-0.05, 0) is 22.0 Å².